The fourth-order valence-corrected chi connectivity index (χ4v) is 11.7. The lowest BCUT2D eigenvalue weighted by atomic mass is 9.71. The summed E-state index contributed by atoms with van der Waals surface area (Å²) in [5.41, 5.74) is 1.50. The number of carboxylic acid groups (broad SMARTS) is 2. The first kappa shape index (κ1) is 62.3. The predicted octanol–water partition coefficient (Wildman–Crippen LogP) is 10.3. The third kappa shape index (κ3) is 17.5. The first-order chi connectivity index (χ1) is 36.4. The second-order valence-electron chi connectivity index (χ2n) is 22.1. The van der Waals surface area contributed by atoms with E-state index < -0.39 is 59.6 Å². The zero-order valence-corrected chi connectivity index (χ0v) is 46.8. The summed E-state index contributed by atoms with van der Waals surface area (Å²) in [5.74, 6) is 2.99. The second-order valence-corrected chi connectivity index (χ2v) is 23.4. The third-order valence-corrected chi connectivity index (χ3v) is 16.7. The summed E-state index contributed by atoms with van der Waals surface area (Å²) in [5, 5.41) is 61.2. The molecule has 77 heavy (non-hydrogen) atoms. The number of esters is 2. The van der Waals surface area contributed by atoms with Crippen LogP contribution in [0.1, 0.15) is 159 Å². The Labute approximate surface area is 457 Å². The van der Waals surface area contributed by atoms with E-state index in [1.807, 2.05) is 51.1 Å². The van der Waals surface area contributed by atoms with Crippen LogP contribution >= 0.6 is 11.3 Å². The molecule has 3 heterocycles. The van der Waals surface area contributed by atoms with Crippen LogP contribution in [0.25, 0.3) is 10.2 Å². The Balaban J connectivity index is 0.000000241. The van der Waals surface area contributed by atoms with Gasteiger partial charge < -0.3 is 44.8 Å². The Morgan fingerprint density at radius 3 is 2.44 bits per heavy atom. The molecule has 7 rings (SSSR count). The third-order valence-electron chi connectivity index (χ3n) is 15.8. The molecule has 420 valence electrons. The van der Waals surface area contributed by atoms with Gasteiger partial charge >= 0.3 is 23.9 Å². The van der Waals surface area contributed by atoms with Crippen LogP contribution in [0.3, 0.4) is 0 Å². The molecule has 2 aliphatic carbocycles. The van der Waals surface area contributed by atoms with E-state index in [9.17, 15) is 44.4 Å². The number of carboxylic acids is 2. The van der Waals surface area contributed by atoms with E-state index in [4.69, 9.17) is 19.7 Å². The van der Waals surface area contributed by atoms with E-state index in [1.165, 1.54) is 24.6 Å². The lowest BCUT2D eigenvalue weighted by Crippen LogP contribution is -2.46. The number of nitrogens with zero attached hydrogens (tertiary/aromatic N) is 1. The normalized spacial score (nSPS) is 29.5. The Morgan fingerprint density at radius 2 is 1.77 bits per heavy atom. The largest absolute Gasteiger partial charge is 0.481 e. The number of aliphatic carboxylic acids is 1. The molecule has 4 fully saturated rings. The number of ether oxygens (including phenoxy) is 3. The molecule has 0 bridgehead atoms. The van der Waals surface area contributed by atoms with Gasteiger partial charge in [-0.3, -0.25) is 19.2 Å². The van der Waals surface area contributed by atoms with Crippen molar-refractivity contribution in [1.29, 1.82) is 0 Å². The highest BCUT2D eigenvalue weighted by atomic mass is 32.1. The molecule has 2 aliphatic heterocycles. The predicted molar refractivity (Wildman–Crippen MR) is 295 cm³/mol. The van der Waals surface area contributed by atoms with Crippen molar-refractivity contribution in [3.63, 3.8) is 0 Å². The number of para-hydroxylation sites is 1. The van der Waals surface area contributed by atoms with Gasteiger partial charge in [0.05, 0.1) is 63.2 Å². The number of cyclic esters (lactones) is 1. The molecular formula is C61H81NO14S. The minimum absolute atomic E-state index is 0.0160. The van der Waals surface area contributed by atoms with Crippen molar-refractivity contribution in [1.82, 2.24) is 4.98 Å². The molecule has 2 saturated heterocycles. The Hall–Kier alpha value is -5.54. The van der Waals surface area contributed by atoms with Gasteiger partial charge in [-0.15, -0.1) is 29.8 Å². The number of allylic oxidation sites excluding steroid dienone is 3. The quantitative estimate of drug-likeness (QED) is 0.0233. The highest BCUT2D eigenvalue weighted by Gasteiger charge is 2.53. The monoisotopic (exact) mass is 1080 g/mol. The average Bonchev–Trinajstić information content (AvgIpc) is 3.61. The first-order valence-corrected chi connectivity index (χ1v) is 27.8. The lowest BCUT2D eigenvalue weighted by molar-refractivity contribution is -0.156. The van der Waals surface area contributed by atoms with Crippen molar-refractivity contribution in [2.45, 2.75) is 181 Å². The van der Waals surface area contributed by atoms with Gasteiger partial charge in [0, 0.05) is 38.0 Å². The fraction of sp³-hybridized carbons (Fsp3) is 0.574. The minimum atomic E-state index is -1.27. The summed E-state index contributed by atoms with van der Waals surface area (Å²) >= 11 is 1.61. The second kappa shape index (κ2) is 28.4. The van der Waals surface area contributed by atoms with Crippen molar-refractivity contribution in [3.05, 3.63) is 95.1 Å². The Bertz CT molecular complexity index is 2660. The molecule has 0 amide bonds. The number of unbranched alkanes of at least 4 members (excludes halogenated alkanes) is 1. The molecule has 6 N–H and O–H groups in total. The maximum absolute atomic E-state index is 13.6. The van der Waals surface area contributed by atoms with Crippen LogP contribution in [0.2, 0.25) is 0 Å². The number of benzene rings is 2. The molecule has 0 spiro atoms. The molecule has 4 aliphatic rings. The molecule has 2 aromatic carbocycles. The summed E-state index contributed by atoms with van der Waals surface area (Å²) in [4.78, 5) is 63.1. The van der Waals surface area contributed by atoms with E-state index in [1.54, 1.807) is 50.3 Å². The summed E-state index contributed by atoms with van der Waals surface area (Å²) < 4.78 is 17.8. The fourth-order valence-electron chi connectivity index (χ4n) is 10.9. The Morgan fingerprint density at radius 1 is 1.04 bits per heavy atom. The van der Waals surface area contributed by atoms with E-state index >= 15 is 0 Å². The number of hydrogen-bond donors (Lipinski definition) is 6. The smallest absolute Gasteiger partial charge is 0.339 e. The van der Waals surface area contributed by atoms with Gasteiger partial charge in [0.25, 0.3) is 0 Å². The van der Waals surface area contributed by atoms with Crippen molar-refractivity contribution in [2.75, 3.05) is 0 Å². The maximum atomic E-state index is 13.6. The summed E-state index contributed by atoms with van der Waals surface area (Å²) in [7, 11) is 0. The van der Waals surface area contributed by atoms with Gasteiger partial charge in [-0.1, -0.05) is 82.2 Å². The number of aliphatic hydroxyl groups is 4. The highest BCUT2D eigenvalue weighted by molar-refractivity contribution is 7.18. The molecule has 15 nitrogen and oxygen atoms in total. The van der Waals surface area contributed by atoms with Crippen LogP contribution in [0.15, 0.2) is 78.9 Å². The van der Waals surface area contributed by atoms with Gasteiger partial charge in [-0.25, -0.2) is 9.78 Å². The van der Waals surface area contributed by atoms with Crippen LogP contribution in [0.4, 0.5) is 0 Å². The van der Waals surface area contributed by atoms with E-state index in [2.05, 4.69) is 41.1 Å². The van der Waals surface area contributed by atoms with Gasteiger partial charge in [0.15, 0.2) is 0 Å². The molecule has 1 unspecified atom stereocenters. The number of carbonyl (C=O) groups is 5. The number of aliphatic hydroxyl groups excluding tert-OH is 4. The van der Waals surface area contributed by atoms with Gasteiger partial charge in [0.1, 0.15) is 23.2 Å². The number of aryl methyl sites for hydroxylation is 1. The standard InChI is InChI=1S/C30H41NO6S.C22H32O4.C9H8O4/c1-7-9-20-27(34)17(2)10-8-13-30(6)25(37-30)15-22(19-11-12-23-21(14-19)31-18(3)38-23)36-26(33)16-24(32)29(4,5)28(20)35;1-3-4-7-15(2)20(23)11-10-18-19-13-16(8-5-6-9-22(25)26)12-17(19)14-21(18)24;1-6(10)13-8-5-3-2-4-7(8)9(11)12/h7,11-12,14,17,20,22,24-25,27,32,34H,1,8-10,13,15-16H2,2-6H3;8,10-11,15,17-21,23-24H,5-7,9,12-14H2,1-2H3,(H,25,26);2-5H,1H3,(H,11,12)/b;11-10+,16-8+;/t17-,20+,22-,24-,25-,27-,30+;15?,17-,18+,19-,20+,21+;/m00./s1. The molecule has 0 radical (unpaired) electrons. The summed E-state index contributed by atoms with van der Waals surface area (Å²) in [6, 6.07) is 11.9. The van der Waals surface area contributed by atoms with Gasteiger partial charge in [0.2, 0.25) is 0 Å². The minimum Gasteiger partial charge on any atom is -0.481 e. The van der Waals surface area contributed by atoms with Crippen LogP contribution in [-0.4, -0.2) is 101 Å². The van der Waals surface area contributed by atoms with Crippen molar-refractivity contribution < 1.29 is 68.8 Å². The number of carbonyl (C=O) groups excluding carboxylic acids is 3. The Kier molecular flexibility index (Phi) is 23.0. The number of Topliss-reactive ketones (excluding diaryl/α,β-unsaturated/α-hetero) is 1. The topological polar surface area (TPSA) is 251 Å². The highest BCUT2D eigenvalue weighted by Crippen LogP contribution is 2.51. The summed E-state index contributed by atoms with van der Waals surface area (Å²) in [6.07, 6.45) is 12.1. The van der Waals surface area contributed by atoms with Crippen LogP contribution in [0, 0.1) is 59.7 Å². The van der Waals surface area contributed by atoms with Crippen molar-refractivity contribution in [3.8, 4) is 17.6 Å². The molecule has 3 aromatic rings. The number of fused-ring (bicyclic) bond motifs is 3. The number of aromatic carboxylic acids is 1. The molecule has 13 atom stereocenters. The number of ketones is 1. The SMILES string of the molecule is C=CC[C@H]1C(=O)C(C)(C)[C@@H](O)CC(=O)O[C@H](c2ccc3sc(C)nc3c2)C[C@@H]2O[C@]2(C)CCC[C@H](C)[C@@H]1O.CC#CCC(C)[C@H](O)/C=C/[C@@H]1[C@H]2C/C(=C/CCCC(=O)O)C[C@H]2C[C@H]1O.CC(=O)Oc1ccccc1C(=O)O. The van der Waals surface area contributed by atoms with Gasteiger partial charge in [-0.2, -0.15) is 0 Å². The van der Waals surface area contributed by atoms with Crippen molar-refractivity contribution >= 4 is 51.2 Å². The van der Waals surface area contributed by atoms with Crippen LogP contribution in [0.5, 0.6) is 5.75 Å². The average molecular weight is 1080 g/mol. The van der Waals surface area contributed by atoms with Crippen molar-refractivity contribution in [2.24, 2.45) is 40.9 Å². The molecular weight excluding hydrogens is 1000 g/mol. The summed E-state index contributed by atoms with van der Waals surface area (Å²) in [6.45, 7) is 18.0. The van der Waals surface area contributed by atoms with E-state index in [0.29, 0.717) is 37.5 Å². The maximum Gasteiger partial charge on any atom is 0.339 e. The number of thiazole rings is 1. The zero-order valence-electron chi connectivity index (χ0n) is 46.0. The van der Waals surface area contributed by atoms with Gasteiger partial charge in [-0.05, 0) is 126 Å². The van der Waals surface area contributed by atoms with Crippen LogP contribution < -0.4 is 4.74 Å². The van der Waals surface area contributed by atoms with Crippen LogP contribution in [-0.2, 0) is 28.7 Å². The first-order valence-electron chi connectivity index (χ1n) is 27.0. The number of rotatable bonds is 13. The molecule has 1 aromatic heterocycles. The molecule has 2 saturated carbocycles. The molecule has 16 heteroatoms. The van der Waals surface area contributed by atoms with E-state index in [0.717, 1.165) is 65.7 Å². The zero-order chi connectivity index (χ0) is 56.8. The number of epoxide rings is 1. The number of aromatic nitrogens is 1. The lowest BCUT2D eigenvalue weighted by Gasteiger charge is -2.35. The number of hydrogen-bond acceptors (Lipinski definition) is 14. The van der Waals surface area contributed by atoms with E-state index in [-0.39, 0.29) is 65.5 Å².